The normalized spacial score (nSPS) is 11.0. The van der Waals surface area contributed by atoms with Gasteiger partial charge in [0.15, 0.2) is 0 Å². The first kappa shape index (κ1) is 17.1. The number of benzene rings is 1. The first-order chi connectivity index (χ1) is 12.0. The molecule has 1 amide bonds. The standard InChI is InChI=1S/C19H18N2O3S/c1-11(2)8-13-9-12(19(23)24)5-6-15(13)21-18(22)14-10-25-16-4-3-7-20-17(14)16/h3-7,9-11H,8H2,1-2H3,(H,21,22)(H,23,24). The van der Waals surface area contributed by atoms with Crippen molar-refractivity contribution < 1.29 is 14.7 Å². The molecule has 0 radical (unpaired) electrons. The number of carboxylic acids is 1. The van der Waals surface area contributed by atoms with Gasteiger partial charge in [0.05, 0.1) is 21.3 Å². The number of carbonyl (C=O) groups is 2. The molecule has 2 heterocycles. The molecule has 0 unspecified atom stereocenters. The molecular formula is C19H18N2O3S. The first-order valence-corrected chi connectivity index (χ1v) is 8.83. The molecule has 0 aliphatic rings. The van der Waals surface area contributed by atoms with Crippen molar-refractivity contribution in [2.24, 2.45) is 5.92 Å². The van der Waals surface area contributed by atoms with E-state index in [0.29, 0.717) is 29.1 Å². The van der Waals surface area contributed by atoms with Gasteiger partial charge in [-0.05, 0) is 48.2 Å². The summed E-state index contributed by atoms with van der Waals surface area (Å²) in [6, 6.07) is 8.55. The molecule has 0 saturated carbocycles. The number of nitrogens with zero attached hydrogens (tertiary/aromatic N) is 1. The third-order valence-corrected chi connectivity index (χ3v) is 4.74. The van der Waals surface area contributed by atoms with Crippen LogP contribution in [0.3, 0.4) is 0 Å². The van der Waals surface area contributed by atoms with Crippen LogP contribution >= 0.6 is 11.3 Å². The monoisotopic (exact) mass is 354 g/mol. The molecule has 3 rings (SSSR count). The van der Waals surface area contributed by atoms with Crippen LogP contribution in [0.4, 0.5) is 5.69 Å². The summed E-state index contributed by atoms with van der Waals surface area (Å²) in [6.07, 6.45) is 2.34. The molecule has 2 aromatic heterocycles. The van der Waals surface area contributed by atoms with Gasteiger partial charge in [-0.2, -0.15) is 0 Å². The van der Waals surface area contributed by atoms with Crippen molar-refractivity contribution in [3.63, 3.8) is 0 Å². The number of aromatic nitrogens is 1. The number of thiophene rings is 1. The molecule has 1 aromatic carbocycles. The Kier molecular flexibility index (Phi) is 4.81. The van der Waals surface area contributed by atoms with E-state index < -0.39 is 5.97 Å². The number of amides is 1. The van der Waals surface area contributed by atoms with Crippen LogP contribution in [0, 0.1) is 5.92 Å². The Morgan fingerprint density at radius 3 is 2.80 bits per heavy atom. The lowest BCUT2D eigenvalue weighted by molar-refractivity contribution is 0.0696. The molecule has 0 spiro atoms. The minimum atomic E-state index is -0.976. The van der Waals surface area contributed by atoms with Gasteiger partial charge in [0.1, 0.15) is 0 Å². The number of hydrogen-bond donors (Lipinski definition) is 2. The second-order valence-electron chi connectivity index (χ2n) is 6.23. The predicted molar refractivity (Wildman–Crippen MR) is 99.5 cm³/mol. The average molecular weight is 354 g/mol. The lowest BCUT2D eigenvalue weighted by Gasteiger charge is -2.13. The second kappa shape index (κ2) is 7.03. The SMILES string of the molecule is CC(C)Cc1cc(C(=O)O)ccc1NC(=O)c1csc2cccnc12. The second-order valence-corrected chi connectivity index (χ2v) is 7.14. The third-order valence-electron chi connectivity index (χ3n) is 3.80. The lowest BCUT2D eigenvalue weighted by Crippen LogP contribution is -2.14. The number of rotatable bonds is 5. The van der Waals surface area contributed by atoms with E-state index in [9.17, 15) is 14.7 Å². The largest absolute Gasteiger partial charge is 0.478 e. The van der Waals surface area contributed by atoms with Crippen LogP contribution in [-0.4, -0.2) is 22.0 Å². The van der Waals surface area contributed by atoms with E-state index in [1.54, 1.807) is 23.7 Å². The van der Waals surface area contributed by atoms with Gasteiger partial charge in [0.25, 0.3) is 5.91 Å². The highest BCUT2D eigenvalue weighted by Gasteiger charge is 2.16. The Bertz CT molecular complexity index is 947. The van der Waals surface area contributed by atoms with Gasteiger partial charge in [0.2, 0.25) is 0 Å². The van der Waals surface area contributed by atoms with Crippen molar-refractivity contribution in [3.05, 3.63) is 58.6 Å². The molecule has 0 aliphatic heterocycles. The maximum Gasteiger partial charge on any atom is 0.335 e. The number of nitrogens with one attached hydrogen (secondary N) is 1. The zero-order chi connectivity index (χ0) is 18.0. The molecule has 5 nitrogen and oxygen atoms in total. The molecule has 3 aromatic rings. The van der Waals surface area contributed by atoms with E-state index in [4.69, 9.17) is 0 Å². The summed E-state index contributed by atoms with van der Waals surface area (Å²) >= 11 is 1.47. The number of pyridine rings is 1. The van der Waals surface area contributed by atoms with Crippen LogP contribution in [0.15, 0.2) is 41.9 Å². The topological polar surface area (TPSA) is 79.3 Å². The maximum absolute atomic E-state index is 12.7. The molecule has 6 heteroatoms. The summed E-state index contributed by atoms with van der Waals surface area (Å²) in [7, 11) is 0. The van der Waals surface area contributed by atoms with Gasteiger partial charge in [-0.1, -0.05) is 13.8 Å². The summed E-state index contributed by atoms with van der Waals surface area (Å²) in [5, 5.41) is 13.9. The molecule has 0 aliphatic carbocycles. The number of aromatic carboxylic acids is 1. The fourth-order valence-electron chi connectivity index (χ4n) is 2.67. The number of carbonyl (C=O) groups excluding carboxylic acids is 1. The molecule has 2 N–H and O–H groups in total. The van der Waals surface area contributed by atoms with Crippen molar-refractivity contribution >= 4 is 39.1 Å². The number of carboxylic acid groups (broad SMARTS) is 1. The zero-order valence-electron chi connectivity index (χ0n) is 13.9. The highest BCUT2D eigenvalue weighted by atomic mass is 32.1. The van der Waals surface area contributed by atoms with E-state index in [0.717, 1.165) is 10.3 Å². The van der Waals surface area contributed by atoms with Gasteiger partial charge in [-0.15, -0.1) is 11.3 Å². The average Bonchev–Trinajstić information content (AvgIpc) is 3.00. The number of anilines is 1. The summed E-state index contributed by atoms with van der Waals surface area (Å²) in [6.45, 7) is 4.10. The Morgan fingerprint density at radius 2 is 2.08 bits per heavy atom. The molecular weight excluding hydrogens is 336 g/mol. The van der Waals surface area contributed by atoms with Gasteiger partial charge in [0, 0.05) is 17.3 Å². The number of hydrogen-bond acceptors (Lipinski definition) is 4. The van der Waals surface area contributed by atoms with E-state index >= 15 is 0 Å². The Labute approximate surface area is 149 Å². The van der Waals surface area contributed by atoms with Crippen molar-refractivity contribution in [3.8, 4) is 0 Å². The molecule has 128 valence electrons. The summed E-state index contributed by atoms with van der Waals surface area (Å²) in [5.74, 6) is -0.878. The van der Waals surface area contributed by atoms with Crippen LogP contribution in [0.5, 0.6) is 0 Å². The fourth-order valence-corrected chi connectivity index (χ4v) is 3.57. The minimum absolute atomic E-state index is 0.219. The van der Waals surface area contributed by atoms with E-state index in [-0.39, 0.29) is 11.5 Å². The van der Waals surface area contributed by atoms with Crippen LogP contribution in [0.2, 0.25) is 0 Å². The minimum Gasteiger partial charge on any atom is -0.478 e. The highest BCUT2D eigenvalue weighted by molar-refractivity contribution is 7.17. The Balaban J connectivity index is 1.93. The quantitative estimate of drug-likeness (QED) is 0.710. The molecule has 25 heavy (non-hydrogen) atoms. The first-order valence-electron chi connectivity index (χ1n) is 7.95. The lowest BCUT2D eigenvalue weighted by atomic mass is 9.99. The van der Waals surface area contributed by atoms with Gasteiger partial charge < -0.3 is 10.4 Å². The fraction of sp³-hybridized carbons (Fsp3) is 0.211. The molecule has 0 saturated heterocycles. The third kappa shape index (κ3) is 3.69. The Hall–Kier alpha value is -2.73. The zero-order valence-corrected chi connectivity index (χ0v) is 14.8. The van der Waals surface area contributed by atoms with Gasteiger partial charge >= 0.3 is 5.97 Å². The van der Waals surface area contributed by atoms with Crippen LogP contribution in [-0.2, 0) is 6.42 Å². The maximum atomic E-state index is 12.7. The van der Waals surface area contributed by atoms with Crippen molar-refractivity contribution in [1.29, 1.82) is 0 Å². The van der Waals surface area contributed by atoms with Crippen molar-refractivity contribution in [2.45, 2.75) is 20.3 Å². The van der Waals surface area contributed by atoms with E-state index in [1.165, 1.54) is 17.4 Å². The van der Waals surface area contributed by atoms with Crippen LogP contribution in [0.25, 0.3) is 10.2 Å². The van der Waals surface area contributed by atoms with Gasteiger partial charge in [-0.3, -0.25) is 9.78 Å². The summed E-state index contributed by atoms with van der Waals surface area (Å²) < 4.78 is 0.955. The van der Waals surface area contributed by atoms with Crippen LogP contribution in [0.1, 0.15) is 40.1 Å². The van der Waals surface area contributed by atoms with Gasteiger partial charge in [-0.25, -0.2) is 4.79 Å². The van der Waals surface area contributed by atoms with Crippen molar-refractivity contribution in [2.75, 3.05) is 5.32 Å². The van der Waals surface area contributed by atoms with Crippen LogP contribution < -0.4 is 5.32 Å². The summed E-state index contributed by atoms with van der Waals surface area (Å²) in [5.41, 5.74) is 2.88. The predicted octanol–water partition coefficient (Wildman–Crippen LogP) is 4.45. The Morgan fingerprint density at radius 1 is 1.28 bits per heavy atom. The highest BCUT2D eigenvalue weighted by Crippen LogP contribution is 2.26. The number of fused-ring (bicyclic) bond motifs is 1. The molecule has 0 bridgehead atoms. The van der Waals surface area contributed by atoms with E-state index in [1.807, 2.05) is 12.1 Å². The molecule has 0 atom stereocenters. The van der Waals surface area contributed by atoms with Crippen molar-refractivity contribution in [1.82, 2.24) is 4.98 Å². The molecule has 0 fully saturated rings. The van der Waals surface area contributed by atoms with E-state index in [2.05, 4.69) is 24.1 Å². The smallest absolute Gasteiger partial charge is 0.335 e. The summed E-state index contributed by atoms with van der Waals surface area (Å²) in [4.78, 5) is 28.2.